The third-order valence-corrected chi connectivity index (χ3v) is 4.47. The van der Waals surface area contributed by atoms with Crippen LogP contribution in [-0.4, -0.2) is 48.6 Å². The molecule has 1 saturated heterocycles. The molecule has 3 nitrogen and oxygen atoms in total. The van der Waals surface area contributed by atoms with Crippen LogP contribution in [0.1, 0.15) is 65.2 Å². The third kappa shape index (κ3) is 7.26. The highest BCUT2D eigenvalue weighted by molar-refractivity contribution is 4.90. The molecule has 1 unspecified atom stereocenters. The van der Waals surface area contributed by atoms with Crippen molar-refractivity contribution in [3.8, 4) is 6.07 Å². The van der Waals surface area contributed by atoms with Gasteiger partial charge in [0.05, 0.1) is 12.1 Å². The zero-order chi connectivity index (χ0) is 14.6. The number of hydrogen-bond acceptors (Lipinski definition) is 3. The predicted octanol–water partition coefficient (Wildman–Crippen LogP) is 3.66. The summed E-state index contributed by atoms with van der Waals surface area (Å²) in [6.07, 6.45) is 11.2. The SMILES string of the molecule is CCCCCCCCCCN1CCN(C(C)C#N)CC1. The van der Waals surface area contributed by atoms with Gasteiger partial charge in [0.15, 0.2) is 0 Å². The standard InChI is InChI=1S/C17H33N3/c1-3-4-5-6-7-8-9-10-11-19-12-14-20(15-13-19)17(2)16-18/h17H,3-15H2,1-2H3. The zero-order valence-electron chi connectivity index (χ0n) is 13.6. The van der Waals surface area contributed by atoms with Gasteiger partial charge in [-0.25, -0.2) is 0 Å². The van der Waals surface area contributed by atoms with Crippen molar-refractivity contribution in [2.24, 2.45) is 0 Å². The molecule has 0 radical (unpaired) electrons. The number of nitrogens with zero attached hydrogens (tertiary/aromatic N) is 3. The van der Waals surface area contributed by atoms with Gasteiger partial charge in [0.1, 0.15) is 0 Å². The number of hydrogen-bond donors (Lipinski definition) is 0. The molecule has 0 saturated carbocycles. The number of piperazine rings is 1. The average Bonchev–Trinajstić information content (AvgIpc) is 2.50. The van der Waals surface area contributed by atoms with Crippen molar-refractivity contribution in [1.82, 2.24) is 9.80 Å². The Hall–Kier alpha value is -0.590. The Kier molecular flexibility index (Phi) is 9.70. The van der Waals surface area contributed by atoms with E-state index in [2.05, 4.69) is 22.8 Å². The van der Waals surface area contributed by atoms with Crippen molar-refractivity contribution in [3.63, 3.8) is 0 Å². The fourth-order valence-electron chi connectivity index (χ4n) is 2.93. The molecule has 0 aromatic heterocycles. The van der Waals surface area contributed by atoms with Gasteiger partial charge in [0, 0.05) is 26.2 Å². The Morgan fingerprint density at radius 3 is 2.00 bits per heavy atom. The summed E-state index contributed by atoms with van der Waals surface area (Å²) in [5.74, 6) is 0. The van der Waals surface area contributed by atoms with Gasteiger partial charge in [-0.3, -0.25) is 4.90 Å². The predicted molar refractivity (Wildman–Crippen MR) is 85.7 cm³/mol. The maximum Gasteiger partial charge on any atom is 0.0950 e. The Labute approximate surface area is 125 Å². The van der Waals surface area contributed by atoms with Crippen molar-refractivity contribution in [2.75, 3.05) is 32.7 Å². The third-order valence-electron chi connectivity index (χ3n) is 4.47. The van der Waals surface area contributed by atoms with Gasteiger partial charge in [-0.15, -0.1) is 0 Å². The molecule has 0 N–H and O–H groups in total. The molecule has 20 heavy (non-hydrogen) atoms. The molecule has 3 heteroatoms. The fraction of sp³-hybridized carbons (Fsp3) is 0.941. The molecule has 116 valence electrons. The van der Waals surface area contributed by atoms with E-state index in [0.717, 1.165) is 26.2 Å². The molecule has 0 aromatic carbocycles. The highest BCUT2D eigenvalue weighted by atomic mass is 15.3. The summed E-state index contributed by atoms with van der Waals surface area (Å²) in [5.41, 5.74) is 0. The maximum atomic E-state index is 8.93. The van der Waals surface area contributed by atoms with Gasteiger partial charge in [0.2, 0.25) is 0 Å². The normalized spacial score (nSPS) is 18.9. The lowest BCUT2D eigenvalue weighted by molar-refractivity contribution is 0.118. The number of unbranched alkanes of at least 4 members (excludes halogenated alkanes) is 7. The topological polar surface area (TPSA) is 30.3 Å². The molecule has 0 amide bonds. The van der Waals surface area contributed by atoms with Crippen LogP contribution in [0.4, 0.5) is 0 Å². The molecule has 0 spiro atoms. The smallest absolute Gasteiger partial charge is 0.0950 e. The zero-order valence-corrected chi connectivity index (χ0v) is 13.6. The van der Waals surface area contributed by atoms with Crippen LogP contribution in [0.5, 0.6) is 0 Å². The summed E-state index contributed by atoms with van der Waals surface area (Å²) in [6.45, 7) is 9.94. The lowest BCUT2D eigenvalue weighted by atomic mass is 10.1. The first-order valence-electron chi connectivity index (χ1n) is 8.64. The molecule has 1 aliphatic rings. The highest BCUT2D eigenvalue weighted by Gasteiger charge is 2.19. The van der Waals surface area contributed by atoms with Crippen LogP contribution >= 0.6 is 0 Å². The Balaban J connectivity index is 1.93. The van der Waals surface area contributed by atoms with Gasteiger partial charge in [-0.1, -0.05) is 51.9 Å². The first-order chi connectivity index (χ1) is 9.77. The van der Waals surface area contributed by atoms with Crippen molar-refractivity contribution in [2.45, 2.75) is 71.3 Å². The molecular weight excluding hydrogens is 246 g/mol. The average molecular weight is 279 g/mol. The van der Waals surface area contributed by atoms with Gasteiger partial charge in [-0.2, -0.15) is 5.26 Å². The van der Waals surface area contributed by atoms with Gasteiger partial charge in [-0.05, 0) is 19.9 Å². The van der Waals surface area contributed by atoms with Crippen LogP contribution in [0.3, 0.4) is 0 Å². The second-order valence-electron chi connectivity index (χ2n) is 6.16. The van der Waals surface area contributed by atoms with Crippen molar-refractivity contribution in [1.29, 1.82) is 5.26 Å². The van der Waals surface area contributed by atoms with E-state index in [0.29, 0.717) is 0 Å². The Morgan fingerprint density at radius 2 is 1.45 bits per heavy atom. The van der Waals surface area contributed by atoms with E-state index >= 15 is 0 Å². The second kappa shape index (κ2) is 11.1. The minimum Gasteiger partial charge on any atom is -0.301 e. The van der Waals surface area contributed by atoms with E-state index in [4.69, 9.17) is 5.26 Å². The quantitative estimate of drug-likeness (QED) is 0.572. The lowest BCUT2D eigenvalue weighted by Gasteiger charge is -2.35. The van der Waals surface area contributed by atoms with Crippen LogP contribution < -0.4 is 0 Å². The maximum absolute atomic E-state index is 8.93. The number of rotatable bonds is 10. The Morgan fingerprint density at radius 1 is 0.900 bits per heavy atom. The largest absolute Gasteiger partial charge is 0.301 e. The molecule has 1 atom stereocenters. The van der Waals surface area contributed by atoms with Gasteiger partial charge < -0.3 is 4.90 Å². The molecule has 1 fully saturated rings. The summed E-state index contributed by atoms with van der Waals surface area (Å²) >= 11 is 0. The van der Waals surface area contributed by atoms with Crippen LogP contribution in [0.15, 0.2) is 0 Å². The Bertz CT molecular complexity index is 264. The van der Waals surface area contributed by atoms with Crippen LogP contribution in [-0.2, 0) is 0 Å². The molecule has 1 heterocycles. The number of nitriles is 1. The molecule has 0 aromatic rings. The van der Waals surface area contributed by atoms with Crippen molar-refractivity contribution >= 4 is 0 Å². The summed E-state index contributed by atoms with van der Waals surface area (Å²) in [5, 5.41) is 8.93. The van der Waals surface area contributed by atoms with E-state index < -0.39 is 0 Å². The van der Waals surface area contributed by atoms with Crippen LogP contribution in [0, 0.1) is 11.3 Å². The van der Waals surface area contributed by atoms with E-state index in [-0.39, 0.29) is 6.04 Å². The van der Waals surface area contributed by atoms with E-state index in [9.17, 15) is 0 Å². The highest BCUT2D eigenvalue weighted by Crippen LogP contribution is 2.10. The van der Waals surface area contributed by atoms with E-state index in [1.807, 2.05) is 6.92 Å². The van der Waals surface area contributed by atoms with Crippen molar-refractivity contribution in [3.05, 3.63) is 0 Å². The monoisotopic (exact) mass is 279 g/mol. The minimum absolute atomic E-state index is 0.0836. The van der Waals surface area contributed by atoms with Crippen LogP contribution in [0.25, 0.3) is 0 Å². The lowest BCUT2D eigenvalue weighted by Crippen LogP contribution is -2.49. The second-order valence-corrected chi connectivity index (χ2v) is 6.16. The summed E-state index contributed by atoms with van der Waals surface area (Å²) in [7, 11) is 0. The van der Waals surface area contributed by atoms with Crippen molar-refractivity contribution < 1.29 is 0 Å². The minimum atomic E-state index is 0.0836. The van der Waals surface area contributed by atoms with Gasteiger partial charge in [0.25, 0.3) is 0 Å². The van der Waals surface area contributed by atoms with Gasteiger partial charge >= 0.3 is 0 Å². The fourth-order valence-corrected chi connectivity index (χ4v) is 2.93. The molecule has 1 aliphatic heterocycles. The summed E-state index contributed by atoms with van der Waals surface area (Å²) < 4.78 is 0. The van der Waals surface area contributed by atoms with E-state index in [1.54, 1.807) is 0 Å². The molecular formula is C17H33N3. The first-order valence-corrected chi connectivity index (χ1v) is 8.64. The summed E-state index contributed by atoms with van der Waals surface area (Å²) in [4.78, 5) is 4.86. The van der Waals surface area contributed by atoms with E-state index in [1.165, 1.54) is 57.9 Å². The first kappa shape index (κ1) is 17.5. The molecule has 1 rings (SSSR count). The summed E-state index contributed by atoms with van der Waals surface area (Å²) in [6, 6.07) is 2.42. The molecule has 0 bridgehead atoms. The molecule has 0 aliphatic carbocycles. The van der Waals surface area contributed by atoms with Crippen LogP contribution in [0.2, 0.25) is 0 Å².